The van der Waals surface area contributed by atoms with Crippen LogP contribution in [0.1, 0.15) is 66.0 Å². The summed E-state index contributed by atoms with van der Waals surface area (Å²) in [5.74, 6) is 0.539. The summed E-state index contributed by atoms with van der Waals surface area (Å²) in [6, 6.07) is 8.27. The molecule has 124 valence electrons. The maximum absolute atomic E-state index is 11.7. The SMILES string of the molecule is CCc1ccc(-c2nc3sc(C4CCCCC4)nn3c2C=O)cc1. The van der Waals surface area contributed by atoms with E-state index in [9.17, 15) is 4.79 Å². The predicted octanol–water partition coefficient (Wildman–Crippen LogP) is 4.88. The fraction of sp³-hybridized carbons (Fsp3) is 0.421. The average Bonchev–Trinajstić information content (AvgIpc) is 3.20. The van der Waals surface area contributed by atoms with E-state index in [1.807, 2.05) is 12.1 Å². The number of rotatable bonds is 4. The highest BCUT2D eigenvalue weighted by molar-refractivity contribution is 7.16. The van der Waals surface area contributed by atoms with Gasteiger partial charge >= 0.3 is 0 Å². The third kappa shape index (κ3) is 2.67. The molecule has 0 atom stereocenters. The molecule has 0 bridgehead atoms. The van der Waals surface area contributed by atoms with Crippen molar-refractivity contribution in [1.29, 1.82) is 0 Å². The van der Waals surface area contributed by atoms with E-state index in [1.165, 1.54) is 37.7 Å². The van der Waals surface area contributed by atoms with E-state index in [4.69, 9.17) is 10.1 Å². The number of hydrogen-bond acceptors (Lipinski definition) is 4. The molecule has 5 heteroatoms. The molecule has 1 aromatic carbocycles. The second-order valence-corrected chi connectivity index (χ2v) is 7.47. The van der Waals surface area contributed by atoms with Crippen LogP contribution in [0.3, 0.4) is 0 Å². The number of carbonyl (C=O) groups excluding carboxylic acids is 1. The monoisotopic (exact) mass is 339 g/mol. The molecule has 1 aliphatic carbocycles. The summed E-state index contributed by atoms with van der Waals surface area (Å²) in [7, 11) is 0. The molecular weight excluding hydrogens is 318 g/mol. The van der Waals surface area contributed by atoms with E-state index in [0.717, 1.165) is 33.9 Å². The summed E-state index contributed by atoms with van der Waals surface area (Å²) in [6.45, 7) is 2.13. The number of carbonyl (C=O) groups is 1. The number of fused-ring (bicyclic) bond motifs is 1. The molecule has 0 spiro atoms. The summed E-state index contributed by atoms with van der Waals surface area (Å²) in [5.41, 5.74) is 3.56. The van der Waals surface area contributed by atoms with Gasteiger partial charge in [0.2, 0.25) is 4.96 Å². The first kappa shape index (κ1) is 15.5. The van der Waals surface area contributed by atoms with Crippen LogP contribution in [0.5, 0.6) is 0 Å². The lowest BCUT2D eigenvalue weighted by Gasteiger charge is -2.18. The van der Waals surface area contributed by atoms with Crippen LogP contribution in [0.25, 0.3) is 16.2 Å². The highest BCUT2D eigenvalue weighted by Crippen LogP contribution is 2.36. The van der Waals surface area contributed by atoms with Crippen molar-refractivity contribution in [2.45, 2.75) is 51.4 Å². The van der Waals surface area contributed by atoms with Gasteiger partial charge in [0.15, 0.2) is 6.29 Å². The minimum atomic E-state index is 0.539. The molecule has 1 fully saturated rings. The van der Waals surface area contributed by atoms with Crippen LogP contribution in [0.2, 0.25) is 0 Å². The molecule has 2 aromatic heterocycles. The normalized spacial score (nSPS) is 15.9. The van der Waals surface area contributed by atoms with Gasteiger partial charge in [-0.1, -0.05) is 61.8 Å². The number of aryl methyl sites for hydroxylation is 1. The third-order valence-corrected chi connectivity index (χ3v) is 6.03. The first-order valence-corrected chi connectivity index (χ1v) is 9.55. The van der Waals surface area contributed by atoms with E-state index in [0.29, 0.717) is 11.6 Å². The van der Waals surface area contributed by atoms with Crippen molar-refractivity contribution in [3.63, 3.8) is 0 Å². The van der Waals surface area contributed by atoms with E-state index in [2.05, 4.69) is 19.1 Å². The lowest BCUT2D eigenvalue weighted by atomic mass is 9.90. The van der Waals surface area contributed by atoms with Gasteiger partial charge in [0.05, 0.1) is 0 Å². The molecule has 0 saturated heterocycles. The Morgan fingerprint density at radius 2 is 1.96 bits per heavy atom. The predicted molar refractivity (Wildman–Crippen MR) is 96.9 cm³/mol. The largest absolute Gasteiger partial charge is 0.296 e. The fourth-order valence-electron chi connectivity index (χ4n) is 3.51. The number of hydrogen-bond donors (Lipinski definition) is 0. The quantitative estimate of drug-likeness (QED) is 0.636. The molecule has 0 N–H and O–H groups in total. The standard InChI is InChI=1S/C19H21N3OS/c1-2-13-8-10-14(11-9-13)17-16(12-23)22-19(20-17)24-18(21-22)15-6-4-3-5-7-15/h8-12,15H,2-7H2,1H3. The van der Waals surface area contributed by atoms with Crippen molar-refractivity contribution >= 4 is 22.6 Å². The van der Waals surface area contributed by atoms with Crippen molar-refractivity contribution in [1.82, 2.24) is 14.6 Å². The molecule has 2 heterocycles. The van der Waals surface area contributed by atoms with Crippen molar-refractivity contribution in [2.24, 2.45) is 0 Å². The molecule has 0 amide bonds. The van der Waals surface area contributed by atoms with Crippen LogP contribution < -0.4 is 0 Å². The Morgan fingerprint density at radius 1 is 1.21 bits per heavy atom. The van der Waals surface area contributed by atoms with E-state index in [-0.39, 0.29) is 0 Å². The molecule has 0 radical (unpaired) electrons. The topological polar surface area (TPSA) is 47.3 Å². The number of nitrogens with zero attached hydrogens (tertiary/aromatic N) is 3. The second-order valence-electron chi connectivity index (χ2n) is 6.48. The molecular formula is C19H21N3OS. The van der Waals surface area contributed by atoms with E-state index < -0.39 is 0 Å². The fourth-order valence-corrected chi connectivity index (χ4v) is 4.58. The molecule has 0 aliphatic heterocycles. The van der Waals surface area contributed by atoms with Crippen LogP contribution in [0.4, 0.5) is 0 Å². The summed E-state index contributed by atoms with van der Waals surface area (Å²) >= 11 is 1.64. The van der Waals surface area contributed by atoms with Crippen LogP contribution in [-0.4, -0.2) is 20.9 Å². The molecule has 1 aliphatic rings. The summed E-state index contributed by atoms with van der Waals surface area (Å²) in [4.78, 5) is 17.2. The third-order valence-electron chi connectivity index (χ3n) is 4.96. The zero-order valence-electron chi connectivity index (χ0n) is 13.9. The van der Waals surface area contributed by atoms with Gasteiger partial charge in [-0.15, -0.1) is 0 Å². The first-order valence-electron chi connectivity index (χ1n) is 8.74. The zero-order valence-corrected chi connectivity index (χ0v) is 14.7. The minimum absolute atomic E-state index is 0.539. The molecule has 4 nitrogen and oxygen atoms in total. The lowest BCUT2D eigenvalue weighted by Crippen LogP contribution is -2.05. The Morgan fingerprint density at radius 3 is 2.62 bits per heavy atom. The minimum Gasteiger partial charge on any atom is -0.296 e. The van der Waals surface area contributed by atoms with Gasteiger partial charge in [-0.05, 0) is 24.8 Å². The van der Waals surface area contributed by atoms with Gasteiger partial charge in [-0.2, -0.15) is 9.61 Å². The maximum atomic E-state index is 11.7. The number of aldehydes is 1. The average molecular weight is 339 g/mol. The van der Waals surface area contributed by atoms with Gasteiger partial charge in [0, 0.05) is 11.5 Å². The highest BCUT2D eigenvalue weighted by atomic mass is 32.1. The number of imidazole rings is 1. The second kappa shape index (κ2) is 6.48. The molecule has 24 heavy (non-hydrogen) atoms. The van der Waals surface area contributed by atoms with Crippen LogP contribution >= 0.6 is 11.3 Å². The molecule has 4 rings (SSSR count). The Hall–Kier alpha value is -2.01. The van der Waals surface area contributed by atoms with Crippen molar-refractivity contribution in [3.05, 3.63) is 40.5 Å². The van der Waals surface area contributed by atoms with Crippen LogP contribution in [-0.2, 0) is 6.42 Å². The van der Waals surface area contributed by atoms with Crippen molar-refractivity contribution in [3.8, 4) is 11.3 Å². The Labute approximate surface area is 145 Å². The smallest absolute Gasteiger partial charge is 0.213 e. The first-order chi connectivity index (χ1) is 11.8. The Balaban J connectivity index is 1.74. The van der Waals surface area contributed by atoms with Crippen LogP contribution in [0, 0.1) is 0 Å². The van der Waals surface area contributed by atoms with Crippen molar-refractivity contribution in [2.75, 3.05) is 0 Å². The van der Waals surface area contributed by atoms with Gasteiger partial charge in [-0.3, -0.25) is 4.79 Å². The Kier molecular flexibility index (Phi) is 4.19. The number of aromatic nitrogens is 3. The molecule has 1 saturated carbocycles. The van der Waals surface area contributed by atoms with E-state index in [1.54, 1.807) is 15.9 Å². The molecule has 3 aromatic rings. The summed E-state index contributed by atoms with van der Waals surface area (Å²) in [6.07, 6.45) is 8.19. The zero-order chi connectivity index (χ0) is 16.5. The number of benzene rings is 1. The Bertz CT molecular complexity index is 857. The van der Waals surface area contributed by atoms with Gasteiger partial charge < -0.3 is 0 Å². The van der Waals surface area contributed by atoms with Gasteiger partial charge in [0.1, 0.15) is 16.4 Å². The van der Waals surface area contributed by atoms with Crippen molar-refractivity contribution < 1.29 is 4.79 Å². The van der Waals surface area contributed by atoms with E-state index >= 15 is 0 Å². The van der Waals surface area contributed by atoms with Gasteiger partial charge in [-0.25, -0.2) is 4.98 Å². The van der Waals surface area contributed by atoms with Gasteiger partial charge in [0.25, 0.3) is 0 Å². The lowest BCUT2D eigenvalue weighted by molar-refractivity contribution is 0.111. The van der Waals surface area contributed by atoms with Crippen LogP contribution in [0.15, 0.2) is 24.3 Å². The highest BCUT2D eigenvalue weighted by Gasteiger charge is 2.23. The molecule has 0 unspecified atom stereocenters. The summed E-state index contributed by atoms with van der Waals surface area (Å²) in [5, 5.41) is 5.86. The summed E-state index contributed by atoms with van der Waals surface area (Å²) < 4.78 is 1.74. The maximum Gasteiger partial charge on any atom is 0.213 e.